The number of sulfonamides is 1. The number of aryl methyl sites for hydroxylation is 2. The third-order valence-corrected chi connectivity index (χ3v) is 6.13. The molecule has 0 bridgehead atoms. The lowest BCUT2D eigenvalue weighted by Gasteiger charge is -2.22. The molecule has 7 nitrogen and oxygen atoms in total. The Labute approximate surface area is 123 Å². The zero-order valence-electron chi connectivity index (χ0n) is 12.2. The standard InChI is InChI=1S/C13H19N3O4S/c1-8-6-12(16(17)18)13(7-9(8)2)21(19,20)15-5-4-11(14)10(15)3/h6-7,10-11H,4-5,14H2,1-3H3. The molecule has 2 unspecified atom stereocenters. The first-order valence-corrected chi connectivity index (χ1v) is 8.13. The first-order valence-electron chi connectivity index (χ1n) is 6.69. The lowest BCUT2D eigenvalue weighted by molar-refractivity contribution is -0.387. The Morgan fingerprint density at radius 2 is 1.90 bits per heavy atom. The highest BCUT2D eigenvalue weighted by Gasteiger charge is 2.40. The van der Waals surface area contributed by atoms with Crippen molar-refractivity contribution >= 4 is 15.7 Å². The van der Waals surface area contributed by atoms with Crippen LogP contribution >= 0.6 is 0 Å². The van der Waals surface area contributed by atoms with Gasteiger partial charge in [0.05, 0.1) is 4.92 Å². The SMILES string of the molecule is Cc1cc([N+](=O)[O-])c(S(=O)(=O)N2CCC(N)C2C)cc1C. The van der Waals surface area contributed by atoms with Crippen LogP contribution in [0.15, 0.2) is 17.0 Å². The van der Waals surface area contributed by atoms with E-state index in [9.17, 15) is 18.5 Å². The van der Waals surface area contributed by atoms with Gasteiger partial charge in [0.25, 0.3) is 5.69 Å². The molecule has 0 spiro atoms. The average molecular weight is 313 g/mol. The molecule has 0 aromatic heterocycles. The van der Waals surface area contributed by atoms with Crippen LogP contribution in [-0.2, 0) is 10.0 Å². The van der Waals surface area contributed by atoms with E-state index in [4.69, 9.17) is 5.73 Å². The number of hydrogen-bond acceptors (Lipinski definition) is 5. The normalized spacial score (nSPS) is 23.4. The lowest BCUT2D eigenvalue weighted by atomic mass is 10.1. The zero-order valence-corrected chi connectivity index (χ0v) is 13.1. The van der Waals surface area contributed by atoms with Crippen LogP contribution in [0.25, 0.3) is 0 Å². The maximum Gasteiger partial charge on any atom is 0.289 e. The average Bonchev–Trinajstić information content (AvgIpc) is 2.73. The van der Waals surface area contributed by atoms with Crippen molar-refractivity contribution in [2.45, 2.75) is 44.2 Å². The minimum Gasteiger partial charge on any atom is -0.326 e. The van der Waals surface area contributed by atoms with E-state index in [1.165, 1.54) is 16.4 Å². The molecule has 2 atom stereocenters. The Balaban J connectivity index is 2.60. The Kier molecular flexibility index (Phi) is 4.05. The Morgan fingerprint density at radius 1 is 1.33 bits per heavy atom. The lowest BCUT2D eigenvalue weighted by Crippen LogP contribution is -2.40. The second-order valence-electron chi connectivity index (χ2n) is 5.47. The number of nitro benzene ring substituents is 1. The molecule has 2 rings (SSSR count). The quantitative estimate of drug-likeness (QED) is 0.669. The molecule has 2 N–H and O–H groups in total. The summed E-state index contributed by atoms with van der Waals surface area (Å²) in [4.78, 5) is 10.3. The number of rotatable bonds is 3. The van der Waals surface area contributed by atoms with Crippen LogP contribution in [0, 0.1) is 24.0 Å². The zero-order chi connectivity index (χ0) is 15.9. The maximum atomic E-state index is 12.7. The maximum absolute atomic E-state index is 12.7. The highest BCUT2D eigenvalue weighted by molar-refractivity contribution is 7.89. The van der Waals surface area contributed by atoms with Gasteiger partial charge in [-0.15, -0.1) is 0 Å². The van der Waals surface area contributed by atoms with Gasteiger partial charge in [-0.25, -0.2) is 8.42 Å². The minimum absolute atomic E-state index is 0.245. The van der Waals surface area contributed by atoms with Crippen molar-refractivity contribution in [3.05, 3.63) is 33.4 Å². The molecule has 8 heteroatoms. The van der Waals surface area contributed by atoms with E-state index in [1.807, 2.05) is 0 Å². The van der Waals surface area contributed by atoms with Crippen LogP contribution in [0.2, 0.25) is 0 Å². The smallest absolute Gasteiger partial charge is 0.289 e. The topological polar surface area (TPSA) is 107 Å². The van der Waals surface area contributed by atoms with Gasteiger partial charge in [0.2, 0.25) is 10.0 Å². The van der Waals surface area contributed by atoms with Crippen LogP contribution in [0.3, 0.4) is 0 Å². The molecule has 1 saturated heterocycles. The number of benzene rings is 1. The van der Waals surface area contributed by atoms with Crippen molar-refractivity contribution in [1.82, 2.24) is 4.31 Å². The van der Waals surface area contributed by atoms with Crippen molar-refractivity contribution in [2.24, 2.45) is 5.73 Å². The van der Waals surface area contributed by atoms with Crippen molar-refractivity contribution in [1.29, 1.82) is 0 Å². The van der Waals surface area contributed by atoms with E-state index in [1.54, 1.807) is 20.8 Å². The van der Waals surface area contributed by atoms with Gasteiger partial charge in [-0.2, -0.15) is 4.31 Å². The Hall–Kier alpha value is -1.51. The van der Waals surface area contributed by atoms with E-state index >= 15 is 0 Å². The molecule has 0 aliphatic carbocycles. The molecule has 0 saturated carbocycles. The van der Waals surface area contributed by atoms with E-state index in [0.717, 1.165) is 0 Å². The molecule has 1 heterocycles. The molecule has 0 amide bonds. The van der Waals surface area contributed by atoms with E-state index in [2.05, 4.69) is 0 Å². The van der Waals surface area contributed by atoms with Gasteiger partial charge < -0.3 is 5.73 Å². The fourth-order valence-corrected chi connectivity index (χ4v) is 4.44. The fraction of sp³-hybridized carbons (Fsp3) is 0.538. The van der Waals surface area contributed by atoms with E-state index in [-0.39, 0.29) is 29.2 Å². The fourth-order valence-electron chi connectivity index (χ4n) is 2.52. The summed E-state index contributed by atoms with van der Waals surface area (Å²) in [6.45, 7) is 5.46. The van der Waals surface area contributed by atoms with E-state index in [0.29, 0.717) is 17.5 Å². The van der Waals surface area contributed by atoms with Gasteiger partial charge in [-0.1, -0.05) is 0 Å². The van der Waals surface area contributed by atoms with Gasteiger partial charge in [-0.05, 0) is 44.4 Å². The molecule has 1 fully saturated rings. The molecular formula is C13H19N3O4S. The predicted octanol–water partition coefficient (Wildman–Crippen LogP) is 1.32. The minimum atomic E-state index is -3.92. The summed E-state index contributed by atoms with van der Waals surface area (Å²) in [5.41, 5.74) is 6.86. The molecule has 0 radical (unpaired) electrons. The highest BCUT2D eigenvalue weighted by atomic mass is 32.2. The summed E-state index contributed by atoms with van der Waals surface area (Å²) in [5.74, 6) is 0. The highest BCUT2D eigenvalue weighted by Crippen LogP contribution is 2.32. The molecule has 1 aliphatic rings. The third-order valence-electron chi connectivity index (χ3n) is 4.12. The van der Waals surface area contributed by atoms with E-state index < -0.39 is 14.9 Å². The summed E-state index contributed by atoms with van der Waals surface area (Å²) < 4.78 is 26.7. The van der Waals surface area contributed by atoms with Crippen LogP contribution < -0.4 is 5.73 Å². The first kappa shape index (κ1) is 15.9. The predicted molar refractivity (Wildman–Crippen MR) is 78.5 cm³/mol. The van der Waals surface area contributed by atoms with Crippen LogP contribution in [0.4, 0.5) is 5.69 Å². The monoisotopic (exact) mass is 313 g/mol. The number of nitrogens with two attached hydrogens (primary N) is 1. The molecule has 116 valence electrons. The Morgan fingerprint density at radius 3 is 2.38 bits per heavy atom. The molecule has 1 aliphatic heterocycles. The van der Waals surface area contributed by atoms with Crippen molar-refractivity contribution < 1.29 is 13.3 Å². The molecule has 21 heavy (non-hydrogen) atoms. The number of hydrogen-bond donors (Lipinski definition) is 1. The summed E-state index contributed by atoms with van der Waals surface area (Å²) in [7, 11) is -3.92. The number of nitrogens with zero attached hydrogens (tertiary/aromatic N) is 2. The van der Waals surface area contributed by atoms with Gasteiger partial charge in [0.1, 0.15) is 0 Å². The van der Waals surface area contributed by atoms with Crippen molar-refractivity contribution in [2.75, 3.05) is 6.54 Å². The Bertz CT molecular complexity index is 687. The van der Waals surface area contributed by atoms with Gasteiger partial charge in [-0.3, -0.25) is 10.1 Å². The summed E-state index contributed by atoms with van der Waals surface area (Å²) >= 11 is 0. The van der Waals surface area contributed by atoms with Crippen LogP contribution in [-0.4, -0.2) is 36.3 Å². The van der Waals surface area contributed by atoms with Crippen molar-refractivity contribution in [3.8, 4) is 0 Å². The third kappa shape index (κ3) is 2.66. The first-order chi connectivity index (χ1) is 9.66. The van der Waals surface area contributed by atoms with Gasteiger partial charge in [0.15, 0.2) is 4.90 Å². The van der Waals surface area contributed by atoms with Gasteiger partial charge >= 0.3 is 0 Å². The largest absolute Gasteiger partial charge is 0.326 e. The van der Waals surface area contributed by atoms with Gasteiger partial charge in [0, 0.05) is 24.7 Å². The van der Waals surface area contributed by atoms with Crippen LogP contribution in [0.1, 0.15) is 24.5 Å². The second kappa shape index (κ2) is 5.36. The number of nitro groups is 1. The molecule has 1 aromatic rings. The second-order valence-corrected chi connectivity index (χ2v) is 7.33. The molecule has 1 aromatic carbocycles. The summed E-state index contributed by atoms with van der Waals surface area (Å²) in [5, 5.41) is 11.2. The van der Waals surface area contributed by atoms with Crippen LogP contribution in [0.5, 0.6) is 0 Å². The van der Waals surface area contributed by atoms with Crippen molar-refractivity contribution in [3.63, 3.8) is 0 Å². The molecular weight excluding hydrogens is 294 g/mol. The summed E-state index contributed by atoms with van der Waals surface area (Å²) in [6, 6.07) is 2.07. The summed E-state index contributed by atoms with van der Waals surface area (Å²) in [6.07, 6.45) is 0.555.